The molecule has 0 amide bonds. The van der Waals surface area contributed by atoms with Gasteiger partial charge in [-0.2, -0.15) is 0 Å². The zero-order chi connectivity index (χ0) is 12.3. The molecule has 0 saturated heterocycles. The Hall–Kier alpha value is -0.913. The zero-order valence-electron chi connectivity index (χ0n) is 10.1. The molecular weight excluding hydrogens is 254 g/mol. The maximum atomic E-state index is 6.05. The van der Waals surface area contributed by atoms with Crippen LogP contribution in [0.5, 0.6) is 0 Å². The summed E-state index contributed by atoms with van der Waals surface area (Å²) < 4.78 is 7.52. The van der Waals surface area contributed by atoms with Gasteiger partial charge in [-0.05, 0) is 12.1 Å². The number of imidazole rings is 1. The van der Waals surface area contributed by atoms with Gasteiger partial charge in [0, 0.05) is 21.6 Å². The van der Waals surface area contributed by atoms with Crippen molar-refractivity contribution in [3.05, 3.63) is 23.7 Å². The van der Waals surface area contributed by atoms with Crippen molar-refractivity contribution in [1.82, 2.24) is 14.5 Å². The molecule has 0 spiro atoms. The summed E-state index contributed by atoms with van der Waals surface area (Å²) >= 11 is 6.05. The van der Waals surface area contributed by atoms with E-state index in [0.717, 1.165) is 17.6 Å². The van der Waals surface area contributed by atoms with Crippen LogP contribution in [0.2, 0.25) is 24.3 Å². The first-order valence-electron chi connectivity index (χ1n) is 5.71. The number of hydrogen-bond acceptors (Lipinski definition) is 3. The fourth-order valence-electron chi connectivity index (χ4n) is 1.56. The van der Waals surface area contributed by atoms with Crippen LogP contribution >= 0.6 is 11.6 Å². The van der Waals surface area contributed by atoms with Gasteiger partial charge in [0.05, 0.1) is 11.8 Å². The molecule has 0 radical (unpaired) electrons. The molecule has 2 aromatic rings. The van der Waals surface area contributed by atoms with Crippen molar-refractivity contribution < 1.29 is 4.74 Å². The maximum absolute atomic E-state index is 6.05. The second-order valence-corrected chi connectivity index (χ2v) is 8.13. The Morgan fingerprint density at radius 2 is 2.24 bits per heavy atom. The summed E-state index contributed by atoms with van der Waals surface area (Å²) in [5, 5.41) is 0.474. The van der Waals surface area contributed by atoms with E-state index in [1.165, 1.54) is 6.04 Å². The van der Waals surface area contributed by atoms with Crippen molar-refractivity contribution in [3.8, 4) is 0 Å². The number of nitrogens with zero attached hydrogens (tertiary/aromatic N) is 3. The molecule has 0 unspecified atom stereocenters. The van der Waals surface area contributed by atoms with Crippen molar-refractivity contribution >= 4 is 31.4 Å². The lowest BCUT2D eigenvalue weighted by Gasteiger charge is -2.07. The highest BCUT2D eigenvalue weighted by molar-refractivity contribution is 6.55. The van der Waals surface area contributed by atoms with Gasteiger partial charge in [0.15, 0.2) is 5.15 Å². The van der Waals surface area contributed by atoms with Crippen LogP contribution in [0.1, 0.15) is 0 Å². The molecule has 4 nitrogen and oxygen atoms in total. The SMILES string of the molecule is C[SiH](C)CCOCn1cnc2ccnc(Cl)c21. The van der Waals surface area contributed by atoms with Crippen LogP contribution in [0.15, 0.2) is 18.6 Å². The van der Waals surface area contributed by atoms with Gasteiger partial charge in [-0.3, -0.25) is 0 Å². The summed E-state index contributed by atoms with van der Waals surface area (Å²) in [6.45, 7) is 5.93. The van der Waals surface area contributed by atoms with E-state index in [9.17, 15) is 0 Å². The van der Waals surface area contributed by atoms with E-state index in [2.05, 4.69) is 23.1 Å². The van der Waals surface area contributed by atoms with Crippen molar-refractivity contribution in [2.75, 3.05) is 6.61 Å². The second-order valence-electron chi connectivity index (χ2n) is 4.40. The lowest BCUT2D eigenvalue weighted by molar-refractivity contribution is 0.0902. The standard InChI is InChI=1S/C11H16ClN3OSi/c1-17(2)6-5-16-8-15-7-14-9-3-4-13-11(12)10(9)15/h3-4,7,17H,5-6,8H2,1-2H3. The Morgan fingerprint density at radius 3 is 3.00 bits per heavy atom. The van der Waals surface area contributed by atoms with Gasteiger partial charge in [0.2, 0.25) is 0 Å². The molecule has 0 aliphatic heterocycles. The summed E-state index contributed by atoms with van der Waals surface area (Å²) in [6.07, 6.45) is 3.40. The molecule has 92 valence electrons. The predicted octanol–water partition coefficient (Wildman–Crippen LogP) is 2.55. The third-order valence-corrected chi connectivity index (χ3v) is 4.22. The number of ether oxygens (including phenoxy) is 1. The average Bonchev–Trinajstić information content (AvgIpc) is 2.69. The summed E-state index contributed by atoms with van der Waals surface area (Å²) in [6, 6.07) is 3.04. The Bertz CT molecular complexity index is 500. The lowest BCUT2D eigenvalue weighted by atomic mass is 10.4. The Morgan fingerprint density at radius 1 is 1.41 bits per heavy atom. The second kappa shape index (κ2) is 5.62. The first-order valence-corrected chi connectivity index (χ1v) is 9.22. The minimum Gasteiger partial charge on any atom is -0.361 e. The van der Waals surface area contributed by atoms with Gasteiger partial charge in [0.25, 0.3) is 0 Å². The summed E-state index contributed by atoms with van der Waals surface area (Å²) in [5.74, 6) is 0. The largest absolute Gasteiger partial charge is 0.361 e. The molecule has 2 aromatic heterocycles. The number of halogens is 1. The van der Waals surface area contributed by atoms with Crippen LogP contribution in [0.3, 0.4) is 0 Å². The molecule has 0 saturated carbocycles. The number of rotatable bonds is 5. The van der Waals surface area contributed by atoms with E-state index < -0.39 is 8.80 Å². The van der Waals surface area contributed by atoms with E-state index in [1.54, 1.807) is 12.5 Å². The Kier molecular flexibility index (Phi) is 4.14. The molecule has 2 heterocycles. The van der Waals surface area contributed by atoms with E-state index in [1.807, 2.05) is 10.6 Å². The van der Waals surface area contributed by atoms with E-state index in [0.29, 0.717) is 11.9 Å². The topological polar surface area (TPSA) is 39.9 Å². The average molecular weight is 270 g/mol. The molecule has 0 aromatic carbocycles. The van der Waals surface area contributed by atoms with Gasteiger partial charge >= 0.3 is 0 Å². The van der Waals surface area contributed by atoms with Crippen LogP contribution in [-0.2, 0) is 11.5 Å². The molecule has 0 aliphatic rings. The molecule has 0 atom stereocenters. The van der Waals surface area contributed by atoms with Crippen molar-refractivity contribution in [3.63, 3.8) is 0 Å². The molecule has 0 N–H and O–H groups in total. The van der Waals surface area contributed by atoms with Gasteiger partial charge < -0.3 is 9.30 Å². The number of pyridine rings is 1. The number of aromatic nitrogens is 3. The fourth-order valence-corrected chi connectivity index (χ4v) is 2.46. The fraction of sp³-hybridized carbons (Fsp3) is 0.455. The van der Waals surface area contributed by atoms with Crippen LogP contribution in [0.4, 0.5) is 0 Å². The minimum atomic E-state index is -0.529. The highest BCUT2D eigenvalue weighted by Crippen LogP contribution is 2.19. The molecular formula is C11H16ClN3OSi. The quantitative estimate of drug-likeness (QED) is 0.476. The Balaban J connectivity index is 2.04. The number of hydrogen-bond donors (Lipinski definition) is 0. The van der Waals surface area contributed by atoms with Gasteiger partial charge in [-0.25, -0.2) is 9.97 Å². The van der Waals surface area contributed by atoms with Crippen molar-refractivity contribution in [2.45, 2.75) is 25.9 Å². The highest BCUT2D eigenvalue weighted by Gasteiger charge is 2.07. The third kappa shape index (κ3) is 3.05. The smallest absolute Gasteiger partial charge is 0.154 e. The highest BCUT2D eigenvalue weighted by atomic mass is 35.5. The van der Waals surface area contributed by atoms with Crippen LogP contribution in [0, 0.1) is 0 Å². The summed E-state index contributed by atoms with van der Waals surface area (Å²) in [4.78, 5) is 8.31. The number of fused-ring (bicyclic) bond motifs is 1. The minimum absolute atomic E-state index is 0.474. The molecule has 17 heavy (non-hydrogen) atoms. The molecule has 0 bridgehead atoms. The van der Waals surface area contributed by atoms with Crippen molar-refractivity contribution in [2.24, 2.45) is 0 Å². The normalized spacial score (nSPS) is 11.5. The van der Waals surface area contributed by atoms with Crippen LogP contribution in [-0.4, -0.2) is 29.9 Å². The molecule has 0 aliphatic carbocycles. The van der Waals surface area contributed by atoms with Crippen molar-refractivity contribution in [1.29, 1.82) is 0 Å². The predicted molar refractivity (Wildman–Crippen MR) is 72.2 cm³/mol. The van der Waals surface area contributed by atoms with Gasteiger partial charge in [-0.1, -0.05) is 24.7 Å². The Labute approximate surface area is 107 Å². The molecule has 0 fully saturated rings. The maximum Gasteiger partial charge on any atom is 0.154 e. The zero-order valence-corrected chi connectivity index (χ0v) is 12.0. The first-order chi connectivity index (χ1) is 8.18. The summed E-state index contributed by atoms with van der Waals surface area (Å²) in [5.41, 5.74) is 1.70. The lowest BCUT2D eigenvalue weighted by Crippen LogP contribution is -2.08. The van der Waals surface area contributed by atoms with Crippen LogP contribution in [0.25, 0.3) is 11.0 Å². The monoisotopic (exact) mass is 269 g/mol. The first kappa shape index (κ1) is 12.5. The molecule has 6 heteroatoms. The van der Waals surface area contributed by atoms with Gasteiger partial charge in [-0.15, -0.1) is 0 Å². The third-order valence-electron chi connectivity index (χ3n) is 2.55. The van der Waals surface area contributed by atoms with Gasteiger partial charge in [0.1, 0.15) is 12.2 Å². The van der Waals surface area contributed by atoms with Crippen LogP contribution < -0.4 is 0 Å². The van der Waals surface area contributed by atoms with E-state index >= 15 is 0 Å². The van der Waals surface area contributed by atoms with E-state index in [4.69, 9.17) is 16.3 Å². The summed E-state index contributed by atoms with van der Waals surface area (Å²) in [7, 11) is -0.529. The van der Waals surface area contributed by atoms with E-state index in [-0.39, 0.29) is 0 Å². The molecule has 2 rings (SSSR count).